The molecule has 1 saturated carbocycles. The second-order valence-electron chi connectivity index (χ2n) is 6.82. The molecule has 116 valence electrons. The second kappa shape index (κ2) is 6.48. The Labute approximate surface area is 127 Å². The first-order valence-electron chi connectivity index (χ1n) is 7.64. The third-order valence-electron chi connectivity index (χ3n) is 3.71. The van der Waals surface area contributed by atoms with Crippen molar-refractivity contribution in [3.8, 4) is 0 Å². The predicted octanol–water partition coefficient (Wildman–Crippen LogP) is 3.30. The summed E-state index contributed by atoms with van der Waals surface area (Å²) in [7, 11) is 0. The Morgan fingerprint density at radius 3 is 2.48 bits per heavy atom. The molecule has 2 N–H and O–H groups in total. The quantitative estimate of drug-likeness (QED) is 0.929. The first-order chi connectivity index (χ1) is 9.85. The van der Waals surface area contributed by atoms with Crippen molar-refractivity contribution in [2.75, 3.05) is 0 Å². The lowest BCUT2D eigenvalue weighted by atomic mass is 10.1. The number of nitrogens with zero attached hydrogens (tertiary/aromatic N) is 1. The van der Waals surface area contributed by atoms with E-state index >= 15 is 0 Å². The molecule has 0 aromatic heterocycles. The zero-order valence-corrected chi connectivity index (χ0v) is 13.2. The van der Waals surface area contributed by atoms with Gasteiger partial charge in [-0.25, -0.2) is 4.79 Å². The van der Waals surface area contributed by atoms with Crippen LogP contribution in [0.3, 0.4) is 0 Å². The molecule has 4 heteroatoms. The Balaban J connectivity index is 2.12. The maximum Gasteiger partial charge on any atom is 0.410 e. The van der Waals surface area contributed by atoms with Gasteiger partial charge in [0.2, 0.25) is 0 Å². The molecular weight excluding hydrogens is 264 g/mol. The second-order valence-corrected chi connectivity index (χ2v) is 6.82. The number of ether oxygens (including phenoxy) is 1. The molecule has 2 atom stereocenters. The monoisotopic (exact) mass is 290 g/mol. The molecule has 2 rings (SSSR count). The van der Waals surface area contributed by atoms with E-state index in [9.17, 15) is 4.79 Å². The molecule has 1 fully saturated rings. The summed E-state index contributed by atoms with van der Waals surface area (Å²) < 4.78 is 5.57. The molecule has 0 bridgehead atoms. The first-order valence-corrected chi connectivity index (χ1v) is 7.64. The van der Waals surface area contributed by atoms with E-state index in [-0.39, 0.29) is 18.2 Å². The molecule has 0 spiro atoms. The number of nitrogens with two attached hydrogens (primary N) is 1. The number of hydrogen-bond acceptors (Lipinski definition) is 3. The van der Waals surface area contributed by atoms with Gasteiger partial charge >= 0.3 is 6.09 Å². The highest BCUT2D eigenvalue weighted by Gasteiger charge is 2.33. The minimum absolute atomic E-state index is 0.176. The SMILES string of the molecule is CC(C)(C)OC(=O)N(Cc1ccccc1)C1CCC(N)C1. The Bertz CT molecular complexity index is 467. The van der Waals surface area contributed by atoms with Gasteiger partial charge in [0.05, 0.1) is 0 Å². The third kappa shape index (κ3) is 4.74. The van der Waals surface area contributed by atoms with Crippen LogP contribution in [0.15, 0.2) is 30.3 Å². The summed E-state index contributed by atoms with van der Waals surface area (Å²) >= 11 is 0. The Kier molecular flexibility index (Phi) is 4.88. The lowest BCUT2D eigenvalue weighted by Crippen LogP contribution is -2.42. The minimum Gasteiger partial charge on any atom is -0.444 e. The number of amides is 1. The minimum atomic E-state index is -0.479. The topological polar surface area (TPSA) is 55.6 Å². The normalized spacial score (nSPS) is 22.1. The summed E-state index contributed by atoms with van der Waals surface area (Å²) in [5, 5.41) is 0. The van der Waals surface area contributed by atoms with Crippen molar-refractivity contribution in [3.05, 3.63) is 35.9 Å². The molecule has 4 nitrogen and oxygen atoms in total. The molecule has 1 aromatic carbocycles. The van der Waals surface area contributed by atoms with Gasteiger partial charge in [-0.1, -0.05) is 30.3 Å². The zero-order chi connectivity index (χ0) is 15.5. The van der Waals surface area contributed by atoms with Crippen molar-refractivity contribution in [1.82, 2.24) is 4.90 Å². The van der Waals surface area contributed by atoms with Crippen LogP contribution in [0.25, 0.3) is 0 Å². The lowest BCUT2D eigenvalue weighted by molar-refractivity contribution is 0.0144. The summed E-state index contributed by atoms with van der Waals surface area (Å²) in [6.07, 6.45) is 2.53. The van der Waals surface area contributed by atoms with E-state index in [1.807, 2.05) is 56.0 Å². The van der Waals surface area contributed by atoms with Crippen LogP contribution >= 0.6 is 0 Å². The molecule has 2 unspecified atom stereocenters. The molecule has 1 aromatic rings. The molecule has 1 aliphatic carbocycles. The first kappa shape index (κ1) is 15.8. The Morgan fingerprint density at radius 2 is 1.95 bits per heavy atom. The van der Waals surface area contributed by atoms with E-state index < -0.39 is 5.60 Å². The van der Waals surface area contributed by atoms with Gasteiger partial charge in [-0.3, -0.25) is 0 Å². The smallest absolute Gasteiger partial charge is 0.410 e. The average molecular weight is 290 g/mol. The highest BCUT2D eigenvalue weighted by molar-refractivity contribution is 5.68. The van der Waals surface area contributed by atoms with Gasteiger partial charge in [-0.05, 0) is 45.6 Å². The van der Waals surface area contributed by atoms with Crippen LogP contribution in [0.2, 0.25) is 0 Å². The summed E-state index contributed by atoms with van der Waals surface area (Å²) in [6, 6.07) is 10.4. The fourth-order valence-electron chi connectivity index (χ4n) is 2.72. The van der Waals surface area contributed by atoms with E-state index in [1.54, 1.807) is 0 Å². The number of benzene rings is 1. The largest absolute Gasteiger partial charge is 0.444 e. The van der Waals surface area contributed by atoms with Crippen molar-refractivity contribution in [2.45, 2.75) is 64.3 Å². The van der Waals surface area contributed by atoms with Crippen LogP contribution in [-0.4, -0.2) is 28.7 Å². The molecule has 1 amide bonds. The van der Waals surface area contributed by atoms with Gasteiger partial charge < -0.3 is 15.4 Å². The standard InChI is InChI=1S/C17H26N2O2/c1-17(2,3)21-16(20)19(15-10-9-14(18)11-15)12-13-7-5-4-6-8-13/h4-8,14-15H,9-12,18H2,1-3H3. The summed E-state index contributed by atoms with van der Waals surface area (Å²) in [5.41, 5.74) is 6.64. The molecule has 21 heavy (non-hydrogen) atoms. The molecular formula is C17H26N2O2. The maximum absolute atomic E-state index is 12.5. The summed E-state index contributed by atoms with van der Waals surface area (Å²) in [5.74, 6) is 0. The van der Waals surface area contributed by atoms with Crippen LogP contribution in [0.4, 0.5) is 4.79 Å². The van der Waals surface area contributed by atoms with Crippen LogP contribution in [-0.2, 0) is 11.3 Å². The van der Waals surface area contributed by atoms with E-state index in [1.165, 1.54) is 0 Å². The Hall–Kier alpha value is -1.55. The number of carbonyl (C=O) groups is 1. The maximum atomic E-state index is 12.5. The zero-order valence-electron chi connectivity index (χ0n) is 13.2. The fraction of sp³-hybridized carbons (Fsp3) is 0.588. The van der Waals surface area contributed by atoms with Gasteiger partial charge in [0.15, 0.2) is 0 Å². The van der Waals surface area contributed by atoms with Crippen LogP contribution < -0.4 is 5.73 Å². The average Bonchev–Trinajstić information content (AvgIpc) is 2.81. The summed E-state index contributed by atoms with van der Waals surface area (Å²) in [6.45, 7) is 6.26. The number of rotatable bonds is 3. The van der Waals surface area contributed by atoms with Crippen LogP contribution in [0, 0.1) is 0 Å². The van der Waals surface area contributed by atoms with Gasteiger partial charge in [-0.2, -0.15) is 0 Å². The third-order valence-corrected chi connectivity index (χ3v) is 3.71. The molecule has 0 heterocycles. The molecule has 1 aliphatic rings. The Morgan fingerprint density at radius 1 is 1.29 bits per heavy atom. The number of hydrogen-bond donors (Lipinski definition) is 1. The highest BCUT2D eigenvalue weighted by Crippen LogP contribution is 2.26. The van der Waals surface area contributed by atoms with Crippen molar-refractivity contribution in [1.29, 1.82) is 0 Å². The van der Waals surface area contributed by atoms with Gasteiger partial charge in [0, 0.05) is 18.6 Å². The molecule has 0 aliphatic heterocycles. The highest BCUT2D eigenvalue weighted by atomic mass is 16.6. The van der Waals surface area contributed by atoms with Crippen molar-refractivity contribution < 1.29 is 9.53 Å². The fourth-order valence-corrected chi connectivity index (χ4v) is 2.72. The lowest BCUT2D eigenvalue weighted by Gasteiger charge is -2.31. The van der Waals surface area contributed by atoms with E-state index in [2.05, 4.69) is 0 Å². The van der Waals surface area contributed by atoms with E-state index in [4.69, 9.17) is 10.5 Å². The van der Waals surface area contributed by atoms with Crippen LogP contribution in [0.5, 0.6) is 0 Å². The summed E-state index contributed by atoms with van der Waals surface area (Å²) in [4.78, 5) is 14.4. The van der Waals surface area contributed by atoms with E-state index in [0.29, 0.717) is 6.54 Å². The van der Waals surface area contributed by atoms with Gasteiger partial charge in [-0.15, -0.1) is 0 Å². The van der Waals surface area contributed by atoms with Gasteiger partial charge in [0.1, 0.15) is 5.60 Å². The van der Waals surface area contributed by atoms with Crippen LogP contribution in [0.1, 0.15) is 45.6 Å². The van der Waals surface area contributed by atoms with Gasteiger partial charge in [0.25, 0.3) is 0 Å². The van der Waals surface area contributed by atoms with Crippen molar-refractivity contribution >= 4 is 6.09 Å². The predicted molar refractivity (Wildman–Crippen MR) is 83.8 cm³/mol. The van der Waals surface area contributed by atoms with E-state index in [0.717, 1.165) is 24.8 Å². The van der Waals surface area contributed by atoms with Crippen molar-refractivity contribution in [3.63, 3.8) is 0 Å². The molecule has 0 radical (unpaired) electrons. The number of carbonyl (C=O) groups excluding carboxylic acids is 1. The van der Waals surface area contributed by atoms with Crippen molar-refractivity contribution in [2.24, 2.45) is 5.73 Å². The molecule has 0 saturated heterocycles.